The van der Waals surface area contributed by atoms with E-state index in [0.29, 0.717) is 11.0 Å². The molecule has 106 valence electrons. The number of imidazole rings is 1. The van der Waals surface area contributed by atoms with E-state index < -0.39 is 0 Å². The Labute approximate surface area is 139 Å². The number of aromatic nitrogens is 4. The Morgan fingerprint density at radius 3 is 2.90 bits per heavy atom. The third-order valence-corrected chi connectivity index (χ3v) is 3.64. The molecule has 3 heterocycles. The molecule has 0 aliphatic heterocycles. The molecular weight excluding hydrogens is 403 g/mol. The summed E-state index contributed by atoms with van der Waals surface area (Å²) in [6, 6.07) is 7.35. The third-order valence-electron chi connectivity index (χ3n) is 2.80. The molecule has 0 aliphatic carbocycles. The van der Waals surface area contributed by atoms with Crippen molar-refractivity contribution in [3.05, 3.63) is 50.6 Å². The number of nitrogens with zero attached hydrogens (tertiary/aromatic N) is 5. The van der Waals surface area contributed by atoms with E-state index in [9.17, 15) is 0 Å². The Morgan fingerprint density at radius 1 is 1.29 bits per heavy atom. The second-order valence-electron chi connectivity index (χ2n) is 4.27. The van der Waals surface area contributed by atoms with Gasteiger partial charge in [-0.3, -0.25) is 9.83 Å². The van der Waals surface area contributed by atoms with Crippen LogP contribution in [0.15, 0.2) is 35.6 Å². The highest BCUT2D eigenvalue weighted by Crippen LogP contribution is 2.13. The van der Waals surface area contributed by atoms with Gasteiger partial charge in [0, 0.05) is 9.77 Å². The van der Waals surface area contributed by atoms with Crippen LogP contribution in [0.3, 0.4) is 0 Å². The number of pyridine rings is 1. The van der Waals surface area contributed by atoms with Gasteiger partial charge in [-0.1, -0.05) is 11.6 Å². The van der Waals surface area contributed by atoms with Gasteiger partial charge in [0.2, 0.25) is 0 Å². The molecule has 21 heavy (non-hydrogen) atoms. The predicted molar refractivity (Wildman–Crippen MR) is 90.9 cm³/mol. The molecular formula is C13H10ClIN6. The molecule has 0 aliphatic rings. The van der Waals surface area contributed by atoms with E-state index in [-0.39, 0.29) is 0 Å². The monoisotopic (exact) mass is 412 g/mol. The number of hydrogen-bond donors (Lipinski definition) is 1. The van der Waals surface area contributed by atoms with Crippen LogP contribution in [0.4, 0.5) is 5.82 Å². The van der Waals surface area contributed by atoms with Crippen LogP contribution in [0, 0.1) is 10.5 Å². The van der Waals surface area contributed by atoms with Crippen molar-refractivity contribution in [1.82, 2.24) is 19.6 Å². The SMILES string of the molecule is Cc1nc2ccc(I)cn2c1/C=N/Nc1ccc(Cl)nn1. The largest absolute Gasteiger partial charge is 0.297 e. The Balaban J connectivity index is 1.87. The number of anilines is 1. The molecule has 3 rings (SSSR count). The highest BCUT2D eigenvalue weighted by Gasteiger charge is 2.06. The van der Waals surface area contributed by atoms with Gasteiger partial charge < -0.3 is 0 Å². The lowest BCUT2D eigenvalue weighted by Gasteiger charge is -1.99. The summed E-state index contributed by atoms with van der Waals surface area (Å²) in [4.78, 5) is 4.49. The van der Waals surface area contributed by atoms with Crippen LogP contribution in [0.2, 0.25) is 5.15 Å². The number of nitrogens with one attached hydrogen (secondary N) is 1. The molecule has 0 aromatic carbocycles. The molecule has 0 spiro atoms. The lowest BCUT2D eigenvalue weighted by atomic mass is 10.4. The van der Waals surface area contributed by atoms with Crippen molar-refractivity contribution in [1.29, 1.82) is 0 Å². The maximum Gasteiger partial charge on any atom is 0.168 e. The molecule has 0 amide bonds. The highest BCUT2D eigenvalue weighted by atomic mass is 127. The summed E-state index contributed by atoms with van der Waals surface area (Å²) in [6.45, 7) is 1.95. The lowest BCUT2D eigenvalue weighted by Crippen LogP contribution is -1.98. The molecule has 0 saturated carbocycles. The summed E-state index contributed by atoms with van der Waals surface area (Å²) in [5.74, 6) is 0.525. The smallest absolute Gasteiger partial charge is 0.168 e. The fourth-order valence-corrected chi connectivity index (χ4v) is 2.40. The zero-order valence-electron chi connectivity index (χ0n) is 11.0. The fourth-order valence-electron chi connectivity index (χ4n) is 1.85. The zero-order valence-corrected chi connectivity index (χ0v) is 13.9. The molecule has 1 N–H and O–H groups in total. The number of rotatable bonds is 3. The number of aryl methyl sites for hydroxylation is 1. The van der Waals surface area contributed by atoms with Gasteiger partial charge in [-0.2, -0.15) is 5.10 Å². The minimum Gasteiger partial charge on any atom is -0.297 e. The second kappa shape index (κ2) is 5.94. The minimum atomic E-state index is 0.344. The number of fused-ring (bicyclic) bond motifs is 1. The highest BCUT2D eigenvalue weighted by molar-refractivity contribution is 14.1. The van der Waals surface area contributed by atoms with Gasteiger partial charge in [0.05, 0.1) is 17.6 Å². The Bertz CT molecular complexity index is 811. The van der Waals surface area contributed by atoms with Crippen molar-refractivity contribution >= 4 is 51.9 Å². The number of hydrogen-bond acceptors (Lipinski definition) is 5. The average molecular weight is 413 g/mol. The summed E-state index contributed by atoms with van der Waals surface area (Å²) in [5, 5.41) is 12.1. The summed E-state index contributed by atoms with van der Waals surface area (Å²) < 4.78 is 3.12. The molecule has 0 saturated heterocycles. The molecule has 3 aromatic heterocycles. The van der Waals surface area contributed by atoms with Crippen LogP contribution in [-0.4, -0.2) is 25.8 Å². The summed E-state index contributed by atoms with van der Waals surface area (Å²) in [7, 11) is 0. The topological polar surface area (TPSA) is 67.5 Å². The van der Waals surface area contributed by atoms with Crippen LogP contribution in [0.25, 0.3) is 5.65 Å². The maximum atomic E-state index is 5.68. The molecule has 3 aromatic rings. The van der Waals surface area contributed by atoms with E-state index in [4.69, 9.17) is 11.6 Å². The standard InChI is InChI=1S/C13H10ClIN6/c1-8-10(21-7-9(15)2-5-13(21)17-8)6-16-19-12-4-3-11(14)18-20-12/h2-7H,1H3,(H,19,20)/b16-6+. The average Bonchev–Trinajstić information content (AvgIpc) is 2.77. The van der Waals surface area contributed by atoms with Crippen molar-refractivity contribution in [3.63, 3.8) is 0 Å². The third kappa shape index (κ3) is 3.13. The van der Waals surface area contributed by atoms with E-state index in [2.05, 4.69) is 48.3 Å². The summed E-state index contributed by atoms with van der Waals surface area (Å²) in [5.41, 5.74) is 5.52. The van der Waals surface area contributed by atoms with Gasteiger partial charge in [-0.25, -0.2) is 4.98 Å². The van der Waals surface area contributed by atoms with Crippen molar-refractivity contribution in [2.45, 2.75) is 6.92 Å². The number of halogens is 2. The first-order valence-electron chi connectivity index (χ1n) is 6.06. The van der Waals surface area contributed by atoms with Crippen LogP contribution >= 0.6 is 34.2 Å². The molecule has 0 bridgehead atoms. The number of hydrazone groups is 1. The van der Waals surface area contributed by atoms with Crippen molar-refractivity contribution < 1.29 is 0 Å². The molecule has 8 heteroatoms. The van der Waals surface area contributed by atoms with E-state index in [1.165, 1.54) is 0 Å². The molecule has 0 radical (unpaired) electrons. The van der Waals surface area contributed by atoms with E-state index in [1.807, 2.05) is 29.7 Å². The van der Waals surface area contributed by atoms with E-state index in [1.54, 1.807) is 18.3 Å². The minimum absolute atomic E-state index is 0.344. The maximum absolute atomic E-state index is 5.68. The quantitative estimate of drug-likeness (QED) is 0.408. The molecule has 6 nitrogen and oxygen atoms in total. The van der Waals surface area contributed by atoms with Gasteiger partial charge in [-0.15, -0.1) is 10.2 Å². The van der Waals surface area contributed by atoms with Gasteiger partial charge in [0.1, 0.15) is 5.65 Å². The van der Waals surface area contributed by atoms with E-state index in [0.717, 1.165) is 20.6 Å². The van der Waals surface area contributed by atoms with Crippen molar-refractivity contribution in [2.75, 3.05) is 5.43 Å². The van der Waals surface area contributed by atoms with Crippen LogP contribution < -0.4 is 5.43 Å². The van der Waals surface area contributed by atoms with Gasteiger partial charge >= 0.3 is 0 Å². The normalized spacial score (nSPS) is 11.4. The van der Waals surface area contributed by atoms with Crippen molar-refractivity contribution in [2.24, 2.45) is 5.10 Å². The van der Waals surface area contributed by atoms with Crippen LogP contribution in [0.1, 0.15) is 11.4 Å². The van der Waals surface area contributed by atoms with Gasteiger partial charge in [0.25, 0.3) is 0 Å². The summed E-state index contributed by atoms with van der Waals surface area (Å²) in [6.07, 6.45) is 3.72. The van der Waals surface area contributed by atoms with E-state index >= 15 is 0 Å². The first-order valence-corrected chi connectivity index (χ1v) is 7.52. The predicted octanol–water partition coefficient (Wildman–Crippen LogP) is 3.14. The molecule has 0 unspecified atom stereocenters. The second-order valence-corrected chi connectivity index (χ2v) is 5.90. The first-order chi connectivity index (χ1) is 10.1. The molecule has 0 fully saturated rings. The van der Waals surface area contributed by atoms with Gasteiger partial charge in [0.15, 0.2) is 11.0 Å². The Morgan fingerprint density at radius 2 is 2.14 bits per heavy atom. The Hall–Kier alpha value is -1.74. The van der Waals surface area contributed by atoms with Crippen molar-refractivity contribution in [3.8, 4) is 0 Å². The Kier molecular flexibility index (Phi) is 4.02. The summed E-state index contributed by atoms with van der Waals surface area (Å²) >= 11 is 7.94. The van der Waals surface area contributed by atoms with Crippen LogP contribution in [0.5, 0.6) is 0 Å². The van der Waals surface area contributed by atoms with Gasteiger partial charge in [-0.05, 0) is 53.8 Å². The fraction of sp³-hybridized carbons (Fsp3) is 0.0769. The first kappa shape index (κ1) is 14.2. The van der Waals surface area contributed by atoms with Crippen LogP contribution in [-0.2, 0) is 0 Å². The zero-order chi connectivity index (χ0) is 14.8. The molecule has 0 atom stereocenters. The lowest BCUT2D eigenvalue weighted by molar-refractivity contribution is 1.02.